The molecule has 1 aromatic carbocycles. The average Bonchev–Trinajstić information content (AvgIpc) is 3.13. The van der Waals surface area contributed by atoms with Gasteiger partial charge in [-0.15, -0.1) is 0 Å². The van der Waals surface area contributed by atoms with E-state index in [1.807, 2.05) is 0 Å². The lowest BCUT2D eigenvalue weighted by Gasteiger charge is -2.35. The fourth-order valence-electron chi connectivity index (χ4n) is 3.29. The maximum absolute atomic E-state index is 13.6. The van der Waals surface area contributed by atoms with Gasteiger partial charge in [0.15, 0.2) is 0 Å². The van der Waals surface area contributed by atoms with Gasteiger partial charge in [-0.1, -0.05) is 30.4 Å². The molecule has 0 saturated carbocycles. The molecule has 2 amide bonds. The Kier molecular flexibility index (Phi) is 5.46. The summed E-state index contributed by atoms with van der Waals surface area (Å²) < 4.78 is 13.6. The highest BCUT2D eigenvalue weighted by molar-refractivity contribution is 5.94. The van der Waals surface area contributed by atoms with Gasteiger partial charge in [0, 0.05) is 18.5 Å². The zero-order valence-electron chi connectivity index (χ0n) is 14.3. The van der Waals surface area contributed by atoms with Crippen molar-refractivity contribution < 1.29 is 14.0 Å². The minimum atomic E-state index is -0.564. The highest BCUT2D eigenvalue weighted by atomic mass is 19.1. The maximum atomic E-state index is 13.6. The molecule has 1 aliphatic heterocycles. The summed E-state index contributed by atoms with van der Waals surface area (Å²) in [7, 11) is 0. The number of rotatable bonds is 5. The van der Waals surface area contributed by atoms with Crippen molar-refractivity contribution in [3.63, 3.8) is 0 Å². The predicted molar refractivity (Wildman–Crippen MR) is 95.5 cm³/mol. The van der Waals surface area contributed by atoms with Gasteiger partial charge < -0.3 is 10.6 Å². The van der Waals surface area contributed by atoms with Crippen molar-refractivity contribution in [1.82, 2.24) is 15.1 Å². The van der Waals surface area contributed by atoms with Crippen LogP contribution in [0, 0.1) is 5.82 Å². The molecule has 1 fully saturated rings. The fourth-order valence-corrected chi connectivity index (χ4v) is 3.29. The van der Waals surface area contributed by atoms with Gasteiger partial charge in [0.2, 0.25) is 5.91 Å². The number of aromatic amines is 1. The predicted octanol–water partition coefficient (Wildman–Crippen LogP) is 2.80. The number of carbonyl (C=O) groups is 2. The van der Waals surface area contributed by atoms with Gasteiger partial charge in [-0.05, 0) is 25.3 Å². The zero-order chi connectivity index (χ0) is 18.5. The number of carbonyl (C=O) groups excluding carboxylic acids is 2. The van der Waals surface area contributed by atoms with Crippen molar-refractivity contribution in [1.29, 1.82) is 0 Å². The number of piperidine rings is 1. The third-order valence-corrected chi connectivity index (χ3v) is 4.59. The van der Waals surface area contributed by atoms with Crippen molar-refractivity contribution in [2.45, 2.75) is 31.7 Å². The van der Waals surface area contributed by atoms with Crippen LogP contribution in [0.1, 0.15) is 53.3 Å². The van der Waals surface area contributed by atoms with Gasteiger partial charge in [-0.25, -0.2) is 4.39 Å². The van der Waals surface area contributed by atoms with Crippen molar-refractivity contribution in [3.05, 3.63) is 59.2 Å². The maximum Gasteiger partial charge on any atom is 0.252 e. The fraction of sp³-hybridized carbons (Fsp3) is 0.316. The largest absolute Gasteiger partial charge is 0.365 e. The Morgan fingerprint density at radius 2 is 2.15 bits per heavy atom. The Bertz CT molecular complexity index is 830. The Labute approximate surface area is 150 Å². The molecule has 3 rings (SSSR count). The number of H-pyrrole nitrogens is 1. The van der Waals surface area contributed by atoms with Gasteiger partial charge in [0.05, 0.1) is 23.5 Å². The van der Waals surface area contributed by atoms with E-state index >= 15 is 0 Å². The number of hydrogen-bond donors (Lipinski definition) is 2. The first-order chi connectivity index (χ1) is 12.6. The van der Waals surface area contributed by atoms with Crippen LogP contribution in [0.5, 0.6) is 0 Å². The zero-order valence-corrected chi connectivity index (χ0v) is 14.3. The van der Waals surface area contributed by atoms with Crippen LogP contribution in [0.3, 0.4) is 0 Å². The monoisotopic (exact) mass is 356 g/mol. The van der Waals surface area contributed by atoms with E-state index < -0.39 is 5.91 Å². The van der Waals surface area contributed by atoms with Crippen molar-refractivity contribution in [3.8, 4) is 0 Å². The normalized spacial score (nSPS) is 17.6. The number of nitrogens with one attached hydrogen (secondary N) is 1. The quantitative estimate of drug-likeness (QED) is 0.863. The second-order valence-electron chi connectivity index (χ2n) is 6.29. The Morgan fingerprint density at radius 3 is 2.92 bits per heavy atom. The topological polar surface area (TPSA) is 92.1 Å². The molecular weight excluding hydrogens is 335 g/mol. The molecule has 0 aliphatic carbocycles. The van der Waals surface area contributed by atoms with E-state index in [0.29, 0.717) is 23.4 Å². The highest BCUT2D eigenvalue weighted by Gasteiger charge is 2.31. The first kappa shape index (κ1) is 17.8. The summed E-state index contributed by atoms with van der Waals surface area (Å²) in [6.07, 6.45) is 7.42. The summed E-state index contributed by atoms with van der Waals surface area (Å²) >= 11 is 0. The molecule has 7 heteroatoms. The molecule has 1 aliphatic rings. The minimum absolute atomic E-state index is 0.0766. The molecule has 26 heavy (non-hydrogen) atoms. The summed E-state index contributed by atoms with van der Waals surface area (Å²) in [6, 6.07) is 6.16. The van der Waals surface area contributed by atoms with Crippen LogP contribution in [0.15, 0.2) is 36.5 Å². The second-order valence-corrected chi connectivity index (χ2v) is 6.29. The van der Waals surface area contributed by atoms with Gasteiger partial charge in [0.25, 0.3) is 5.91 Å². The number of aromatic nitrogens is 2. The van der Waals surface area contributed by atoms with Crippen LogP contribution in [0.4, 0.5) is 4.39 Å². The SMILES string of the molecule is NC(=O)c1cn[nH]c1C1CCCCN1C(=O)C/C=C/c1ccccc1F. The van der Waals surface area contributed by atoms with Gasteiger partial charge in [-0.3, -0.25) is 14.7 Å². The molecule has 0 radical (unpaired) electrons. The van der Waals surface area contributed by atoms with Gasteiger partial charge >= 0.3 is 0 Å². The molecule has 1 unspecified atom stereocenters. The molecule has 2 heterocycles. The van der Waals surface area contributed by atoms with E-state index in [-0.39, 0.29) is 24.2 Å². The number of nitrogens with two attached hydrogens (primary N) is 1. The highest BCUT2D eigenvalue weighted by Crippen LogP contribution is 2.32. The molecule has 1 atom stereocenters. The Hall–Kier alpha value is -2.96. The summed E-state index contributed by atoms with van der Waals surface area (Å²) in [5.74, 6) is -0.964. The van der Waals surface area contributed by atoms with E-state index in [4.69, 9.17) is 5.73 Å². The van der Waals surface area contributed by atoms with Crippen LogP contribution in [-0.4, -0.2) is 33.5 Å². The molecule has 1 saturated heterocycles. The summed E-state index contributed by atoms with van der Waals surface area (Å²) in [5.41, 5.74) is 6.74. The van der Waals surface area contributed by atoms with E-state index in [9.17, 15) is 14.0 Å². The summed E-state index contributed by atoms with van der Waals surface area (Å²) in [5, 5.41) is 6.72. The molecule has 136 valence electrons. The molecule has 2 aromatic rings. The minimum Gasteiger partial charge on any atom is -0.365 e. The summed E-state index contributed by atoms with van der Waals surface area (Å²) in [4.78, 5) is 26.0. The van der Waals surface area contributed by atoms with Gasteiger partial charge in [-0.2, -0.15) is 5.10 Å². The van der Waals surface area contributed by atoms with Crippen molar-refractivity contribution in [2.24, 2.45) is 5.73 Å². The summed E-state index contributed by atoms with van der Waals surface area (Å²) in [6.45, 7) is 0.605. The first-order valence-corrected chi connectivity index (χ1v) is 8.61. The number of likely N-dealkylation sites (tertiary alicyclic amines) is 1. The van der Waals surface area contributed by atoms with Crippen LogP contribution >= 0.6 is 0 Å². The third kappa shape index (κ3) is 3.82. The Balaban J connectivity index is 1.73. The molecule has 0 spiro atoms. The third-order valence-electron chi connectivity index (χ3n) is 4.59. The number of nitrogens with zero attached hydrogens (tertiary/aromatic N) is 2. The molecule has 6 nitrogen and oxygen atoms in total. The van der Waals surface area contributed by atoms with Crippen LogP contribution in [0.25, 0.3) is 6.08 Å². The standard InChI is InChI=1S/C19H21FN4O2/c20-15-8-2-1-6-13(15)7-5-10-17(25)24-11-4-3-9-16(24)18-14(19(21)26)12-22-23-18/h1-2,5-8,12,16H,3-4,9-11H2,(H2,21,26)(H,22,23)/b7-5+. The lowest BCUT2D eigenvalue weighted by molar-refractivity contribution is -0.134. The lowest BCUT2D eigenvalue weighted by Crippen LogP contribution is -2.39. The molecule has 0 bridgehead atoms. The van der Waals surface area contributed by atoms with Crippen LogP contribution in [-0.2, 0) is 4.79 Å². The van der Waals surface area contributed by atoms with Crippen molar-refractivity contribution in [2.75, 3.05) is 6.54 Å². The number of hydrogen-bond acceptors (Lipinski definition) is 3. The van der Waals surface area contributed by atoms with E-state index in [0.717, 1.165) is 19.3 Å². The smallest absolute Gasteiger partial charge is 0.252 e. The Morgan fingerprint density at radius 1 is 1.35 bits per heavy atom. The van der Waals surface area contributed by atoms with Crippen LogP contribution in [0.2, 0.25) is 0 Å². The number of primary amides is 1. The molecular formula is C19H21FN4O2. The average molecular weight is 356 g/mol. The lowest BCUT2D eigenvalue weighted by atomic mass is 9.96. The van der Waals surface area contributed by atoms with E-state index in [2.05, 4.69) is 10.2 Å². The van der Waals surface area contributed by atoms with Crippen molar-refractivity contribution >= 4 is 17.9 Å². The molecule has 1 aromatic heterocycles. The first-order valence-electron chi connectivity index (χ1n) is 8.61. The van der Waals surface area contributed by atoms with Gasteiger partial charge in [0.1, 0.15) is 5.82 Å². The number of benzene rings is 1. The van der Waals surface area contributed by atoms with E-state index in [1.54, 1.807) is 35.3 Å². The second kappa shape index (κ2) is 7.95. The number of amides is 2. The van der Waals surface area contributed by atoms with E-state index in [1.165, 1.54) is 12.3 Å². The van der Waals surface area contributed by atoms with Crippen LogP contribution < -0.4 is 5.73 Å². The number of halogens is 1. The molecule has 3 N–H and O–H groups in total.